The molecule has 0 aromatic carbocycles. The summed E-state index contributed by atoms with van der Waals surface area (Å²) in [5, 5.41) is 30.2. The number of anilines is 2. The van der Waals surface area contributed by atoms with Gasteiger partial charge in [0.25, 0.3) is 0 Å². The topological polar surface area (TPSA) is 397 Å². The Morgan fingerprint density at radius 1 is 0.750 bits per heavy atom. The van der Waals surface area contributed by atoms with Gasteiger partial charge in [-0.15, -0.1) is 0 Å². The molecule has 0 spiro atoms. The molecular weight excluding hydrogens is 769 g/mol. The van der Waals surface area contributed by atoms with Crippen LogP contribution in [-0.2, 0) is 45.8 Å². The predicted octanol–water partition coefficient (Wildman–Crippen LogP) is -2.79. The van der Waals surface area contributed by atoms with Crippen molar-refractivity contribution in [2.75, 3.05) is 37.9 Å². The molecule has 4 saturated heterocycles. The summed E-state index contributed by atoms with van der Waals surface area (Å²) >= 11 is 0. The number of phosphoric acid groups is 3. The normalized spacial score (nSPS) is 33.3. The summed E-state index contributed by atoms with van der Waals surface area (Å²) in [6.45, 7) is -1.33. The Morgan fingerprint density at radius 3 is 1.71 bits per heavy atom. The molecule has 4 aromatic heterocycles. The molecule has 30 heteroatoms. The number of aliphatic hydroxyl groups is 3. The van der Waals surface area contributed by atoms with E-state index in [4.69, 9.17) is 40.2 Å². The molecule has 8 rings (SSSR count). The Labute approximate surface area is 288 Å². The minimum absolute atomic E-state index is 0.0979. The molecule has 0 saturated carbocycles. The number of phosphoric ester groups is 1. The second-order valence-corrected chi connectivity index (χ2v) is 16.2. The maximum Gasteiger partial charge on any atom is 0.490 e. The lowest BCUT2D eigenvalue weighted by Gasteiger charge is -2.31. The maximum atomic E-state index is 12.0. The third kappa shape index (κ3) is 6.52. The van der Waals surface area contributed by atoms with Crippen LogP contribution in [0.2, 0.25) is 0 Å². The third-order valence-electron chi connectivity index (χ3n) is 8.49. The predicted molar refractivity (Wildman–Crippen MR) is 164 cm³/mol. The SMILES string of the molecule is Nc1ncnc2c1ncn2[C@@H]1O[C@@]2(CO)CO[C@H]1C2O.Nc1ncnc2c1ncn2[C@@H]1O[C@@]2(COP(=O)(O)OP(=O)(O)OP(=O)(O)O)CO[C@H]1C2O. The van der Waals surface area contributed by atoms with Crippen LogP contribution in [0.5, 0.6) is 0 Å². The number of hydrogen-bond acceptors (Lipinski definition) is 21. The van der Waals surface area contributed by atoms with Gasteiger partial charge in [0.15, 0.2) is 35.4 Å². The van der Waals surface area contributed by atoms with Crippen molar-refractivity contribution < 1.29 is 80.7 Å². The highest BCUT2D eigenvalue weighted by atomic mass is 31.3. The number of ether oxygens (including phenoxy) is 4. The first-order valence-corrected chi connectivity index (χ1v) is 19.1. The van der Waals surface area contributed by atoms with E-state index in [-0.39, 0.29) is 42.6 Å². The van der Waals surface area contributed by atoms with Gasteiger partial charge in [0.1, 0.15) is 59.3 Å². The largest absolute Gasteiger partial charge is 0.490 e. The Kier molecular flexibility index (Phi) is 9.29. The fourth-order valence-electron chi connectivity index (χ4n) is 6.10. The van der Waals surface area contributed by atoms with Gasteiger partial charge in [-0.25, -0.2) is 43.6 Å². The molecule has 4 fully saturated rings. The molecular formula is C22H29N10O17P3. The number of fused-ring (bicyclic) bond motifs is 6. The zero-order valence-electron chi connectivity index (χ0n) is 25.9. The molecule has 0 aliphatic carbocycles. The first kappa shape index (κ1) is 37.2. The Hall–Kier alpha value is -3.17. The highest BCUT2D eigenvalue weighted by Crippen LogP contribution is 2.66. The first-order valence-electron chi connectivity index (χ1n) is 14.6. The summed E-state index contributed by atoms with van der Waals surface area (Å²) in [4.78, 5) is 60.1. The molecule has 27 nitrogen and oxygen atoms in total. The van der Waals surface area contributed by atoms with Gasteiger partial charge in [-0.2, -0.15) is 8.62 Å². The molecule has 0 amide bonds. The van der Waals surface area contributed by atoms with E-state index in [9.17, 15) is 38.8 Å². The number of hydrogen-bond donors (Lipinski definition) is 9. The monoisotopic (exact) mass is 798 g/mol. The van der Waals surface area contributed by atoms with E-state index in [2.05, 4.69) is 43.0 Å². The quantitative estimate of drug-likeness (QED) is 0.0732. The zero-order valence-corrected chi connectivity index (χ0v) is 28.6. The molecule has 0 radical (unpaired) electrons. The second-order valence-electron chi connectivity index (χ2n) is 11.8. The summed E-state index contributed by atoms with van der Waals surface area (Å²) in [6.07, 6.45) is -0.106. The molecule has 11 N–H and O–H groups in total. The highest BCUT2D eigenvalue weighted by Gasteiger charge is 2.63. The highest BCUT2D eigenvalue weighted by molar-refractivity contribution is 7.66. The second kappa shape index (κ2) is 13.0. The van der Waals surface area contributed by atoms with Gasteiger partial charge in [0.05, 0.1) is 39.1 Å². The van der Waals surface area contributed by atoms with Crippen molar-refractivity contribution in [1.29, 1.82) is 0 Å². The molecule has 4 aliphatic rings. The van der Waals surface area contributed by atoms with Crippen LogP contribution < -0.4 is 11.5 Å². The van der Waals surface area contributed by atoms with Crippen LogP contribution in [0, 0.1) is 0 Å². The van der Waals surface area contributed by atoms with Crippen LogP contribution in [-0.4, -0.2) is 136 Å². The lowest BCUT2D eigenvalue weighted by atomic mass is 10.0. The van der Waals surface area contributed by atoms with Crippen LogP contribution in [0.25, 0.3) is 22.3 Å². The molecule has 10 atom stereocenters. The van der Waals surface area contributed by atoms with Crippen molar-refractivity contribution in [2.24, 2.45) is 0 Å². The summed E-state index contributed by atoms with van der Waals surface area (Å²) in [7, 11) is -16.7. The first-order chi connectivity index (χ1) is 24.4. The van der Waals surface area contributed by atoms with Crippen LogP contribution in [0.3, 0.4) is 0 Å². The molecule has 8 heterocycles. The average molecular weight is 798 g/mol. The molecule has 4 unspecified atom stereocenters. The standard InChI is InChI=1S/C11H16N5O13P3.C11H13N5O4/c12-8-5-9(14-3-13-8)16(4-15-5)10-6-7(17)11(27-10,1-25-6)2-26-31(21,22)29-32(23,24)28-30(18,19)20;12-8-5-9(14-3-13-8)16(4-15-5)10-6-7(18)11(1-17,20-10)2-19-6/h3-4,6-7,10,17H,1-2H2,(H,21,22)(H,23,24)(H2,12,13,14)(H2,18,19,20);3-4,6-7,10,17-18H,1-2H2,(H2,12,13,14)/t6-,7?,10+,11+;6-,7?,10+,11-/m00/s1. The number of aromatic nitrogens is 8. The van der Waals surface area contributed by atoms with Gasteiger partial charge in [-0.3, -0.25) is 13.7 Å². The van der Waals surface area contributed by atoms with E-state index in [1.54, 1.807) is 4.57 Å². The van der Waals surface area contributed by atoms with Crippen molar-refractivity contribution in [1.82, 2.24) is 39.0 Å². The Morgan fingerprint density at radius 2 is 1.23 bits per heavy atom. The van der Waals surface area contributed by atoms with E-state index in [1.165, 1.54) is 29.9 Å². The van der Waals surface area contributed by atoms with E-state index < -0.39 is 78.1 Å². The van der Waals surface area contributed by atoms with Gasteiger partial charge >= 0.3 is 23.5 Å². The number of imidazole rings is 2. The molecule has 4 aromatic rings. The van der Waals surface area contributed by atoms with Gasteiger partial charge in [0, 0.05) is 0 Å². The average Bonchev–Trinajstić information content (AvgIpc) is 3.90. The number of nitrogen functional groups attached to an aromatic ring is 2. The molecule has 284 valence electrons. The van der Waals surface area contributed by atoms with E-state index in [1.807, 2.05) is 0 Å². The Balaban J connectivity index is 0.000000179. The number of nitrogens with zero attached hydrogens (tertiary/aromatic N) is 8. The number of aliphatic hydroxyl groups excluding tert-OH is 3. The van der Waals surface area contributed by atoms with Crippen LogP contribution >= 0.6 is 23.5 Å². The third-order valence-corrected chi connectivity index (χ3v) is 12.3. The van der Waals surface area contributed by atoms with Gasteiger partial charge < -0.3 is 65.3 Å². The lowest BCUT2D eigenvalue weighted by Crippen LogP contribution is -2.44. The minimum Gasteiger partial charge on any atom is -0.393 e. The van der Waals surface area contributed by atoms with Gasteiger partial charge in [-0.1, -0.05) is 0 Å². The minimum atomic E-state index is -5.69. The molecule has 4 aliphatic heterocycles. The molecule has 52 heavy (non-hydrogen) atoms. The number of nitrogens with two attached hydrogens (primary N) is 2. The smallest absolute Gasteiger partial charge is 0.393 e. The lowest BCUT2D eigenvalue weighted by molar-refractivity contribution is -0.185. The van der Waals surface area contributed by atoms with Crippen LogP contribution in [0.15, 0.2) is 25.3 Å². The fraction of sp³-hybridized carbons (Fsp3) is 0.545. The molecule has 4 bridgehead atoms. The summed E-state index contributed by atoms with van der Waals surface area (Å²) in [6, 6.07) is 0. The van der Waals surface area contributed by atoms with Crippen molar-refractivity contribution in [2.45, 2.75) is 48.1 Å². The van der Waals surface area contributed by atoms with Crippen LogP contribution in [0.4, 0.5) is 11.6 Å². The number of rotatable bonds is 10. The van der Waals surface area contributed by atoms with Crippen LogP contribution in [0.1, 0.15) is 12.5 Å². The van der Waals surface area contributed by atoms with E-state index in [0.29, 0.717) is 11.2 Å². The van der Waals surface area contributed by atoms with Gasteiger partial charge in [-0.05, 0) is 0 Å². The zero-order chi connectivity index (χ0) is 37.4. The fourth-order valence-corrected chi connectivity index (χ4v) is 9.18. The van der Waals surface area contributed by atoms with Crippen molar-refractivity contribution in [3.63, 3.8) is 0 Å². The van der Waals surface area contributed by atoms with Crippen molar-refractivity contribution in [3.05, 3.63) is 25.3 Å². The van der Waals surface area contributed by atoms with E-state index in [0.717, 1.165) is 0 Å². The maximum absolute atomic E-state index is 12.0. The summed E-state index contributed by atoms with van der Waals surface area (Å²) in [5.41, 5.74) is 10.2. The summed E-state index contributed by atoms with van der Waals surface area (Å²) < 4.78 is 71.7. The summed E-state index contributed by atoms with van der Waals surface area (Å²) in [5.74, 6) is 0.371. The van der Waals surface area contributed by atoms with Crippen molar-refractivity contribution >= 4 is 57.4 Å². The van der Waals surface area contributed by atoms with E-state index >= 15 is 0 Å². The Bertz CT molecular complexity index is 2150. The van der Waals surface area contributed by atoms with Gasteiger partial charge in [0.2, 0.25) is 0 Å². The van der Waals surface area contributed by atoms with Crippen molar-refractivity contribution in [3.8, 4) is 0 Å².